The van der Waals surface area contributed by atoms with E-state index < -0.39 is 6.10 Å². The smallest absolute Gasteiger partial charge is 0.259 e. The molecule has 7 heteroatoms. The summed E-state index contributed by atoms with van der Waals surface area (Å²) in [5.74, 6) is 1.71. The van der Waals surface area contributed by atoms with Crippen LogP contribution in [0, 0.1) is 6.92 Å². The first-order valence-corrected chi connectivity index (χ1v) is 10.3. The molecule has 0 spiro atoms. The van der Waals surface area contributed by atoms with Crippen LogP contribution >= 0.6 is 0 Å². The number of hydrogen-bond donors (Lipinski definition) is 2. The Bertz CT molecular complexity index is 1220. The zero-order valence-electron chi connectivity index (χ0n) is 18.0. The van der Waals surface area contributed by atoms with Gasteiger partial charge in [-0.05, 0) is 55.5 Å². The average molecular weight is 431 g/mol. The summed E-state index contributed by atoms with van der Waals surface area (Å²) in [6, 6.07) is 21.9. The van der Waals surface area contributed by atoms with Gasteiger partial charge < -0.3 is 24.5 Å². The number of para-hydroxylation sites is 3. The Labute approximate surface area is 186 Å². The molecular weight excluding hydrogens is 406 g/mol. The highest BCUT2D eigenvalue weighted by atomic mass is 16.5. The van der Waals surface area contributed by atoms with Crippen LogP contribution in [0.25, 0.3) is 11.0 Å². The van der Waals surface area contributed by atoms with Crippen LogP contribution in [0.3, 0.4) is 0 Å². The lowest BCUT2D eigenvalue weighted by Gasteiger charge is -2.15. The number of nitrogens with zero attached hydrogens (tertiary/aromatic N) is 2. The number of fused-ring (bicyclic) bond motifs is 1. The second kappa shape index (κ2) is 9.53. The molecule has 0 aliphatic carbocycles. The van der Waals surface area contributed by atoms with E-state index in [-0.39, 0.29) is 12.5 Å². The number of anilines is 1. The van der Waals surface area contributed by atoms with E-state index in [0.29, 0.717) is 29.3 Å². The van der Waals surface area contributed by atoms with Gasteiger partial charge in [-0.2, -0.15) is 0 Å². The fourth-order valence-electron chi connectivity index (χ4n) is 3.55. The molecule has 0 aliphatic heterocycles. The third-order valence-electron chi connectivity index (χ3n) is 5.14. The van der Waals surface area contributed by atoms with E-state index >= 15 is 0 Å². The number of aliphatic hydroxyl groups excluding tert-OH is 1. The molecule has 0 bridgehead atoms. The average Bonchev–Trinajstić information content (AvgIpc) is 3.13. The van der Waals surface area contributed by atoms with E-state index in [1.165, 1.54) is 7.11 Å². The zero-order chi connectivity index (χ0) is 22.5. The molecule has 164 valence electrons. The molecule has 4 rings (SSSR count). The molecule has 0 saturated carbocycles. The van der Waals surface area contributed by atoms with Gasteiger partial charge in [0.1, 0.15) is 30.0 Å². The molecule has 1 unspecified atom stereocenters. The Morgan fingerprint density at radius 1 is 1.06 bits per heavy atom. The lowest BCUT2D eigenvalue weighted by Crippen LogP contribution is -2.24. The zero-order valence-corrected chi connectivity index (χ0v) is 18.0. The quantitative estimate of drug-likeness (QED) is 0.440. The number of benzene rings is 3. The Morgan fingerprint density at radius 3 is 2.56 bits per heavy atom. The van der Waals surface area contributed by atoms with Crippen molar-refractivity contribution in [2.45, 2.75) is 19.6 Å². The summed E-state index contributed by atoms with van der Waals surface area (Å²) in [5.41, 5.74) is 2.98. The summed E-state index contributed by atoms with van der Waals surface area (Å²) in [7, 11) is 1.53. The molecule has 32 heavy (non-hydrogen) atoms. The molecule has 3 aromatic carbocycles. The third kappa shape index (κ3) is 4.73. The normalized spacial score (nSPS) is 11.8. The summed E-state index contributed by atoms with van der Waals surface area (Å²) < 4.78 is 13.0. The number of ether oxygens (including phenoxy) is 2. The van der Waals surface area contributed by atoms with Gasteiger partial charge in [-0.25, -0.2) is 4.98 Å². The van der Waals surface area contributed by atoms with Crippen LogP contribution in [-0.4, -0.2) is 40.4 Å². The molecule has 0 radical (unpaired) electrons. The summed E-state index contributed by atoms with van der Waals surface area (Å²) in [6.07, 6.45) is -0.698. The van der Waals surface area contributed by atoms with E-state index in [2.05, 4.69) is 10.3 Å². The first-order valence-electron chi connectivity index (χ1n) is 10.3. The molecule has 1 amide bonds. The first kappa shape index (κ1) is 21.4. The number of nitrogens with one attached hydrogen (secondary N) is 1. The van der Waals surface area contributed by atoms with Crippen LogP contribution in [0.4, 0.5) is 5.69 Å². The van der Waals surface area contributed by atoms with E-state index in [0.717, 1.165) is 16.9 Å². The number of hydrogen-bond acceptors (Lipinski definition) is 5. The van der Waals surface area contributed by atoms with E-state index in [9.17, 15) is 9.90 Å². The van der Waals surface area contributed by atoms with Gasteiger partial charge in [0.25, 0.3) is 5.91 Å². The number of aromatic nitrogens is 2. The highest BCUT2D eigenvalue weighted by Crippen LogP contribution is 2.21. The van der Waals surface area contributed by atoms with Crippen molar-refractivity contribution >= 4 is 22.6 Å². The predicted octanol–water partition coefficient (Wildman–Crippen LogP) is 4.05. The van der Waals surface area contributed by atoms with Crippen LogP contribution < -0.4 is 14.8 Å². The fourth-order valence-corrected chi connectivity index (χ4v) is 3.55. The van der Waals surface area contributed by atoms with Gasteiger partial charge in [0, 0.05) is 5.69 Å². The van der Waals surface area contributed by atoms with Crippen LogP contribution in [0.15, 0.2) is 72.8 Å². The molecule has 2 N–H and O–H groups in total. The molecule has 4 aromatic rings. The van der Waals surface area contributed by atoms with Crippen molar-refractivity contribution in [2.75, 3.05) is 19.0 Å². The Hall–Kier alpha value is -3.84. The second-order valence-corrected chi connectivity index (χ2v) is 7.40. The maximum Gasteiger partial charge on any atom is 0.259 e. The van der Waals surface area contributed by atoms with Gasteiger partial charge in [-0.1, -0.05) is 24.3 Å². The van der Waals surface area contributed by atoms with E-state index in [1.807, 2.05) is 41.8 Å². The van der Waals surface area contributed by atoms with Gasteiger partial charge in [0.05, 0.1) is 30.3 Å². The van der Waals surface area contributed by atoms with Crippen LogP contribution in [0.1, 0.15) is 16.2 Å². The standard InChI is InChI=1S/C25H25N3O4/c1-17-26-22-8-4-5-9-23(22)28(17)15-19(29)16-32-20-13-11-18(12-14-20)27-25(30)21-7-3-6-10-24(21)31-2/h3-14,19,29H,15-16H2,1-2H3,(H,27,30). The minimum Gasteiger partial charge on any atom is -0.496 e. The van der Waals surface area contributed by atoms with Crippen molar-refractivity contribution < 1.29 is 19.4 Å². The summed E-state index contributed by atoms with van der Waals surface area (Å²) in [4.78, 5) is 17.0. The van der Waals surface area contributed by atoms with Gasteiger partial charge in [0.15, 0.2) is 0 Å². The van der Waals surface area contributed by atoms with Crippen molar-refractivity contribution in [1.29, 1.82) is 0 Å². The van der Waals surface area contributed by atoms with Crippen molar-refractivity contribution in [3.8, 4) is 11.5 Å². The van der Waals surface area contributed by atoms with Gasteiger partial charge in [-0.3, -0.25) is 4.79 Å². The number of amides is 1. The van der Waals surface area contributed by atoms with E-state index in [4.69, 9.17) is 9.47 Å². The molecule has 7 nitrogen and oxygen atoms in total. The monoisotopic (exact) mass is 431 g/mol. The molecule has 1 heterocycles. The first-order chi connectivity index (χ1) is 15.5. The SMILES string of the molecule is COc1ccccc1C(=O)Nc1ccc(OCC(O)Cn2c(C)nc3ccccc32)cc1. The number of methoxy groups -OCH3 is 1. The number of rotatable bonds is 8. The van der Waals surface area contributed by atoms with Crippen molar-refractivity contribution in [1.82, 2.24) is 9.55 Å². The van der Waals surface area contributed by atoms with Crippen molar-refractivity contribution in [3.63, 3.8) is 0 Å². The molecule has 0 aliphatic rings. The molecule has 0 saturated heterocycles. The second-order valence-electron chi connectivity index (χ2n) is 7.40. The number of aryl methyl sites for hydroxylation is 1. The minimum atomic E-state index is -0.698. The number of imidazole rings is 1. The largest absolute Gasteiger partial charge is 0.496 e. The van der Waals surface area contributed by atoms with Crippen LogP contribution in [0.5, 0.6) is 11.5 Å². The Kier molecular flexibility index (Phi) is 6.37. The lowest BCUT2D eigenvalue weighted by atomic mass is 10.2. The van der Waals surface area contributed by atoms with Crippen LogP contribution in [0.2, 0.25) is 0 Å². The Morgan fingerprint density at radius 2 is 1.78 bits per heavy atom. The minimum absolute atomic E-state index is 0.138. The van der Waals surface area contributed by atoms with Gasteiger partial charge >= 0.3 is 0 Å². The summed E-state index contributed by atoms with van der Waals surface area (Å²) in [6.45, 7) is 2.45. The predicted molar refractivity (Wildman–Crippen MR) is 123 cm³/mol. The summed E-state index contributed by atoms with van der Waals surface area (Å²) >= 11 is 0. The highest BCUT2D eigenvalue weighted by molar-refractivity contribution is 6.06. The molecule has 0 fully saturated rings. The highest BCUT2D eigenvalue weighted by Gasteiger charge is 2.13. The van der Waals surface area contributed by atoms with Gasteiger partial charge in [0.2, 0.25) is 0 Å². The maximum atomic E-state index is 12.5. The topological polar surface area (TPSA) is 85.6 Å². The molecular formula is C25H25N3O4. The lowest BCUT2D eigenvalue weighted by molar-refractivity contribution is 0.0929. The Balaban J connectivity index is 1.33. The van der Waals surface area contributed by atoms with Crippen molar-refractivity contribution in [3.05, 3.63) is 84.2 Å². The number of aliphatic hydroxyl groups is 1. The van der Waals surface area contributed by atoms with E-state index in [1.54, 1.807) is 42.5 Å². The molecule has 1 atom stereocenters. The molecule has 1 aromatic heterocycles. The summed E-state index contributed by atoms with van der Waals surface area (Å²) in [5, 5.41) is 13.3. The van der Waals surface area contributed by atoms with Crippen molar-refractivity contribution in [2.24, 2.45) is 0 Å². The maximum absolute atomic E-state index is 12.5. The number of carbonyl (C=O) groups is 1. The van der Waals surface area contributed by atoms with Gasteiger partial charge in [-0.15, -0.1) is 0 Å². The fraction of sp³-hybridized carbons (Fsp3) is 0.200. The number of carbonyl (C=O) groups excluding carboxylic acids is 1. The third-order valence-corrected chi connectivity index (χ3v) is 5.14. The van der Waals surface area contributed by atoms with Crippen LogP contribution in [-0.2, 0) is 6.54 Å².